The summed E-state index contributed by atoms with van der Waals surface area (Å²) in [7, 11) is 0. The Morgan fingerprint density at radius 2 is 1.62 bits per heavy atom. The van der Waals surface area contributed by atoms with Gasteiger partial charge < -0.3 is 0 Å². The van der Waals surface area contributed by atoms with Crippen molar-refractivity contribution < 1.29 is 0 Å². The lowest BCUT2D eigenvalue weighted by molar-refractivity contribution is 0.771. The molecule has 1 unspecified atom stereocenters. The maximum absolute atomic E-state index is 4.45. The van der Waals surface area contributed by atoms with Crippen LogP contribution in [0.3, 0.4) is 0 Å². The minimum atomic E-state index is 0.120. The Bertz CT molecular complexity index is 754. The van der Waals surface area contributed by atoms with Crippen LogP contribution < -0.4 is 0 Å². The van der Waals surface area contributed by atoms with Crippen LogP contribution >= 0.6 is 0 Å². The summed E-state index contributed by atoms with van der Waals surface area (Å²) < 4.78 is 0. The number of benzene rings is 2. The van der Waals surface area contributed by atoms with E-state index in [9.17, 15) is 0 Å². The molecule has 0 N–H and O–H groups in total. The van der Waals surface area contributed by atoms with Crippen LogP contribution in [0.4, 0.5) is 5.69 Å². The zero-order valence-electron chi connectivity index (χ0n) is 11.7. The minimum Gasteiger partial charge on any atom is -0.176 e. The maximum Gasteiger partial charge on any atom is 0.120 e. The lowest BCUT2D eigenvalue weighted by Crippen LogP contribution is -2.01. The molecule has 1 aliphatic carbocycles. The molecule has 0 radical (unpaired) electrons. The Labute approximate surface area is 124 Å². The summed E-state index contributed by atoms with van der Waals surface area (Å²) >= 11 is 0. The van der Waals surface area contributed by atoms with Crippen molar-refractivity contribution in [3.63, 3.8) is 0 Å². The zero-order valence-corrected chi connectivity index (χ0v) is 11.7. The van der Waals surface area contributed by atoms with Gasteiger partial charge in [-0.3, -0.25) is 0 Å². The number of azo groups is 1. The molecule has 2 nitrogen and oxygen atoms in total. The van der Waals surface area contributed by atoms with E-state index < -0.39 is 0 Å². The van der Waals surface area contributed by atoms with Crippen molar-refractivity contribution in [2.75, 3.05) is 0 Å². The molecule has 1 atom stereocenters. The number of allylic oxidation sites excluding steroid dienone is 3. The first-order chi connectivity index (χ1) is 10.4. The van der Waals surface area contributed by atoms with E-state index in [0.717, 1.165) is 18.5 Å². The Hall–Kier alpha value is -2.48. The number of hydrogen-bond acceptors (Lipinski definition) is 2. The second-order valence-electron chi connectivity index (χ2n) is 5.48. The standard InChI is InChI=1S/C19H16N2/c1-2-6-14(7-3-1)15-10-12-16(13-11-15)19-17-8-4-5-9-18(17)20-21-19/h1-10,12,19H,11,13H2. The molecule has 0 aromatic heterocycles. The number of fused-ring (bicyclic) bond motifs is 1. The maximum atomic E-state index is 4.45. The summed E-state index contributed by atoms with van der Waals surface area (Å²) in [5, 5.41) is 8.75. The van der Waals surface area contributed by atoms with E-state index in [0.29, 0.717) is 0 Å². The highest BCUT2D eigenvalue weighted by Gasteiger charge is 2.24. The van der Waals surface area contributed by atoms with Crippen molar-refractivity contribution in [2.24, 2.45) is 10.2 Å². The van der Waals surface area contributed by atoms with E-state index >= 15 is 0 Å². The molecule has 0 amide bonds. The highest BCUT2D eigenvalue weighted by molar-refractivity contribution is 5.69. The van der Waals surface area contributed by atoms with Gasteiger partial charge in [-0.15, -0.1) is 0 Å². The van der Waals surface area contributed by atoms with Crippen LogP contribution in [0.1, 0.15) is 30.0 Å². The average Bonchev–Trinajstić information content (AvgIpc) is 3.00. The van der Waals surface area contributed by atoms with Crippen LogP contribution in [0.15, 0.2) is 82.6 Å². The smallest absolute Gasteiger partial charge is 0.120 e. The molecule has 0 bridgehead atoms. The van der Waals surface area contributed by atoms with Crippen LogP contribution in [0.5, 0.6) is 0 Å². The molecule has 0 spiro atoms. The third-order valence-electron chi connectivity index (χ3n) is 4.19. The van der Waals surface area contributed by atoms with Gasteiger partial charge in [-0.25, -0.2) is 0 Å². The van der Waals surface area contributed by atoms with Crippen LogP contribution in [0.2, 0.25) is 0 Å². The normalized spacial score (nSPS) is 19.9. The van der Waals surface area contributed by atoms with Gasteiger partial charge in [0.1, 0.15) is 6.04 Å². The van der Waals surface area contributed by atoms with Crippen LogP contribution in [0, 0.1) is 0 Å². The molecule has 2 heteroatoms. The first kappa shape index (κ1) is 12.3. The topological polar surface area (TPSA) is 24.7 Å². The van der Waals surface area contributed by atoms with E-state index in [-0.39, 0.29) is 6.04 Å². The predicted molar refractivity (Wildman–Crippen MR) is 85.4 cm³/mol. The Morgan fingerprint density at radius 3 is 2.43 bits per heavy atom. The first-order valence-corrected chi connectivity index (χ1v) is 7.36. The molecule has 21 heavy (non-hydrogen) atoms. The van der Waals surface area contributed by atoms with E-state index in [1.165, 1.54) is 22.3 Å². The van der Waals surface area contributed by atoms with Gasteiger partial charge in [0.15, 0.2) is 0 Å². The van der Waals surface area contributed by atoms with Gasteiger partial charge >= 0.3 is 0 Å². The SMILES string of the molecule is C1=C(c2ccccc2)CCC(C2N=Nc3ccccc32)=C1. The quantitative estimate of drug-likeness (QED) is 0.677. The highest BCUT2D eigenvalue weighted by atomic mass is 15.2. The summed E-state index contributed by atoms with van der Waals surface area (Å²) in [6, 6.07) is 19.0. The Balaban J connectivity index is 1.63. The van der Waals surface area contributed by atoms with E-state index in [4.69, 9.17) is 0 Å². The molecule has 2 aliphatic rings. The lowest BCUT2D eigenvalue weighted by atomic mass is 9.88. The number of hydrogen-bond donors (Lipinski definition) is 0. The van der Waals surface area contributed by atoms with Gasteiger partial charge in [0.25, 0.3) is 0 Å². The predicted octanol–water partition coefficient (Wildman–Crippen LogP) is 5.63. The van der Waals surface area contributed by atoms with Crippen molar-refractivity contribution >= 4 is 11.3 Å². The van der Waals surface area contributed by atoms with Crippen LogP contribution in [0.25, 0.3) is 5.57 Å². The van der Waals surface area contributed by atoms with Gasteiger partial charge in [-0.05, 0) is 35.6 Å². The summed E-state index contributed by atoms with van der Waals surface area (Å²) in [5.74, 6) is 0. The Kier molecular flexibility index (Phi) is 3.00. The fraction of sp³-hybridized carbons (Fsp3) is 0.158. The highest BCUT2D eigenvalue weighted by Crippen LogP contribution is 2.43. The second kappa shape index (κ2) is 5.13. The lowest BCUT2D eigenvalue weighted by Gasteiger charge is -2.18. The van der Waals surface area contributed by atoms with Gasteiger partial charge in [-0.1, -0.05) is 60.7 Å². The van der Waals surface area contributed by atoms with Crippen molar-refractivity contribution in [2.45, 2.75) is 18.9 Å². The fourth-order valence-electron chi connectivity index (χ4n) is 3.04. The average molecular weight is 272 g/mol. The van der Waals surface area contributed by atoms with Crippen molar-refractivity contribution in [1.29, 1.82) is 0 Å². The third kappa shape index (κ3) is 2.23. The van der Waals surface area contributed by atoms with Gasteiger partial charge in [0.05, 0.1) is 5.69 Å². The molecule has 2 aromatic rings. The molecule has 1 heterocycles. The van der Waals surface area contributed by atoms with E-state index in [1.807, 2.05) is 12.1 Å². The summed E-state index contributed by atoms with van der Waals surface area (Å²) in [6.07, 6.45) is 6.60. The molecule has 102 valence electrons. The third-order valence-corrected chi connectivity index (χ3v) is 4.19. The van der Waals surface area contributed by atoms with E-state index in [2.05, 4.69) is 64.8 Å². The molecule has 4 rings (SSSR count). The van der Waals surface area contributed by atoms with Crippen molar-refractivity contribution in [1.82, 2.24) is 0 Å². The number of nitrogens with zero attached hydrogens (tertiary/aromatic N) is 2. The number of rotatable bonds is 2. The van der Waals surface area contributed by atoms with Gasteiger partial charge in [0.2, 0.25) is 0 Å². The summed E-state index contributed by atoms with van der Waals surface area (Å²) in [4.78, 5) is 0. The van der Waals surface area contributed by atoms with Crippen LogP contribution in [-0.4, -0.2) is 0 Å². The molecule has 0 fully saturated rings. The molecular weight excluding hydrogens is 256 g/mol. The first-order valence-electron chi connectivity index (χ1n) is 7.36. The molecule has 0 saturated carbocycles. The minimum absolute atomic E-state index is 0.120. The van der Waals surface area contributed by atoms with Crippen LogP contribution in [-0.2, 0) is 0 Å². The fourth-order valence-corrected chi connectivity index (χ4v) is 3.04. The zero-order chi connectivity index (χ0) is 14.1. The summed E-state index contributed by atoms with van der Waals surface area (Å²) in [6.45, 7) is 0. The molecule has 2 aromatic carbocycles. The van der Waals surface area contributed by atoms with Gasteiger partial charge in [-0.2, -0.15) is 10.2 Å². The summed E-state index contributed by atoms with van der Waals surface area (Å²) in [5.41, 5.74) is 6.34. The molecular formula is C19H16N2. The monoisotopic (exact) mass is 272 g/mol. The van der Waals surface area contributed by atoms with Gasteiger partial charge in [0, 0.05) is 5.56 Å². The van der Waals surface area contributed by atoms with Crippen molar-refractivity contribution in [3.8, 4) is 0 Å². The van der Waals surface area contributed by atoms with Crippen molar-refractivity contribution in [3.05, 3.63) is 83.4 Å². The second-order valence-corrected chi connectivity index (χ2v) is 5.48. The van der Waals surface area contributed by atoms with E-state index in [1.54, 1.807) is 0 Å². The Morgan fingerprint density at radius 1 is 0.810 bits per heavy atom. The molecule has 1 aliphatic heterocycles. The largest absolute Gasteiger partial charge is 0.176 e. The molecule has 0 saturated heterocycles.